The van der Waals surface area contributed by atoms with E-state index >= 15 is 0 Å². The summed E-state index contributed by atoms with van der Waals surface area (Å²) in [5.74, 6) is -1.08. The van der Waals surface area contributed by atoms with Gasteiger partial charge < -0.3 is 15.7 Å². The van der Waals surface area contributed by atoms with Crippen molar-refractivity contribution >= 4 is 12.0 Å². The van der Waals surface area contributed by atoms with Gasteiger partial charge in [-0.2, -0.15) is 0 Å². The maximum Gasteiger partial charge on any atom is 0.325 e. The summed E-state index contributed by atoms with van der Waals surface area (Å²) in [6.07, 6.45) is 3.20. The number of carbonyl (C=O) groups is 2. The number of rotatable bonds is 5. The summed E-state index contributed by atoms with van der Waals surface area (Å²) in [4.78, 5) is 21.6. The summed E-state index contributed by atoms with van der Waals surface area (Å²) in [5, 5.41) is 20.6. The Morgan fingerprint density at radius 3 is 2.88 bits per heavy atom. The molecule has 1 aromatic rings. The van der Waals surface area contributed by atoms with E-state index in [1.807, 2.05) is 0 Å². The molecule has 0 fully saturated rings. The Kier molecular flexibility index (Phi) is 4.25. The lowest BCUT2D eigenvalue weighted by Gasteiger charge is -2.10. The second-order valence-corrected chi connectivity index (χ2v) is 3.13. The van der Waals surface area contributed by atoms with Crippen LogP contribution in [0.5, 0.6) is 0 Å². The van der Waals surface area contributed by atoms with Gasteiger partial charge in [-0.05, 0) is 6.92 Å². The molecule has 8 nitrogen and oxygen atoms in total. The third kappa shape index (κ3) is 3.95. The van der Waals surface area contributed by atoms with Gasteiger partial charge in [0.05, 0.1) is 12.7 Å². The van der Waals surface area contributed by atoms with E-state index in [0.29, 0.717) is 13.1 Å². The third-order valence-electron chi connectivity index (χ3n) is 1.82. The molecule has 1 atom stereocenters. The fraction of sp³-hybridized carbons (Fsp3) is 0.500. The van der Waals surface area contributed by atoms with Crippen molar-refractivity contribution < 1.29 is 14.7 Å². The van der Waals surface area contributed by atoms with Crippen molar-refractivity contribution in [3.05, 3.63) is 12.4 Å². The van der Waals surface area contributed by atoms with Crippen molar-refractivity contribution in [3.8, 4) is 0 Å². The molecule has 88 valence electrons. The van der Waals surface area contributed by atoms with E-state index in [0.717, 1.165) is 0 Å². The average Bonchev–Trinajstić information content (AvgIpc) is 2.70. The zero-order chi connectivity index (χ0) is 12.0. The summed E-state index contributed by atoms with van der Waals surface area (Å²) < 4.78 is 1.56. The van der Waals surface area contributed by atoms with Crippen LogP contribution in [0.15, 0.2) is 12.4 Å². The number of carboxylic acids is 1. The molecule has 0 aliphatic heterocycles. The lowest BCUT2D eigenvalue weighted by atomic mass is 10.3. The minimum absolute atomic E-state index is 0.349. The summed E-state index contributed by atoms with van der Waals surface area (Å²) >= 11 is 0. The van der Waals surface area contributed by atoms with Gasteiger partial charge in [0.2, 0.25) is 0 Å². The van der Waals surface area contributed by atoms with Gasteiger partial charge in [0, 0.05) is 12.7 Å². The minimum Gasteiger partial charge on any atom is -0.480 e. The number of hydrogen-bond acceptors (Lipinski definition) is 4. The molecular formula is C8H13N5O3. The largest absolute Gasteiger partial charge is 0.480 e. The highest BCUT2D eigenvalue weighted by molar-refractivity contribution is 5.82. The zero-order valence-electron chi connectivity index (χ0n) is 8.75. The smallest absolute Gasteiger partial charge is 0.325 e. The second kappa shape index (κ2) is 5.69. The van der Waals surface area contributed by atoms with Crippen LogP contribution >= 0.6 is 0 Å². The number of nitrogens with one attached hydrogen (secondary N) is 2. The van der Waals surface area contributed by atoms with Crippen molar-refractivity contribution in [2.24, 2.45) is 0 Å². The Hall–Kier alpha value is -2.12. The van der Waals surface area contributed by atoms with E-state index in [9.17, 15) is 9.59 Å². The van der Waals surface area contributed by atoms with Gasteiger partial charge in [0.15, 0.2) is 0 Å². The molecule has 0 saturated carbocycles. The monoisotopic (exact) mass is 227 g/mol. The molecule has 0 aliphatic rings. The molecule has 1 rings (SSSR count). The van der Waals surface area contributed by atoms with E-state index in [4.69, 9.17) is 5.11 Å². The molecular weight excluding hydrogens is 214 g/mol. The molecule has 3 N–H and O–H groups in total. The van der Waals surface area contributed by atoms with Gasteiger partial charge in [-0.3, -0.25) is 9.48 Å². The van der Waals surface area contributed by atoms with Gasteiger partial charge in [-0.1, -0.05) is 5.21 Å². The molecule has 1 heterocycles. The molecule has 0 aromatic carbocycles. The lowest BCUT2D eigenvalue weighted by molar-refractivity contribution is -0.138. The maximum atomic E-state index is 11.2. The Labute approximate surface area is 91.6 Å². The molecule has 0 aliphatic carbocycles. The molecule has 1 aromatic heterocycles. The number of aliphatic carboxylic acids is 1. The highest BCUT2D eigenvalue weighted by Crippen LogP contribution is 1.82. The quantitative estimate of drug-likeness (QED) is 0.601. The number of hydrogen-bond donors (Lipinski definition) is 3. The first kappa shape index (κ1) is 12.0. The maximum absolute atomic E-state index is 11.2. The minimum atomic E-state index is -1.08. The highest BCUT2D eigenvalue weighted by atomic mass is 16.4. The van der Waals surface area contributed by atoms with Gasteiger partial charge >= 0.3 is 12.0 Å². The Morgan fingerprint density at radius 2 is 2.31 bits per heavy atom. The molecule has 1 unspecified atom stereocenters. The molecule has 0 bridgehead atoms. The van der Waals surface area contributed by atoms with Crippen LogP contribution in [0, 0.1) is 0 Å². The van der Waals surface area contributed by atoms with E-state index in [2.05, 4.69) is 20.9 Å². The Morgan fingerprint density at radius 1 is 1.56 bits per heavy atom. The molecule has 2 amide bonds. The number of aromatic nitrogens is 3. The predicted octanol–water partition coefficient (Wildman–Crippen LogP) is -0.950. The molecule has 0 spiro atoms. The average molecular weight is 227 g/mol. The van der Waals surface area contributed by atoms with Crippen LogP contribution in [0.4, 0.5) is 4.79 Å². The van der Waals surface area contributed by atoms with Gasteiger partial charge in [-0.15, -0.1) is 5.10 Å². The standard InChI is InChI=1S/C8H13N5O3/c1-6(7(14)15)11-8(16)9-2-4-13-5-3-10-12-13/h3,5-6H,2,4H2,1H3,(H,14,15)(H2,9,11,16). The van der Waals surface area contributed by atoms with Crippen molar-refractivity contribution in [3.63, 3.8) is 0 Å². The van der Waals surface area contributed by atoms with E-state index in [1.165, 1.54) is 13.1 Å². The number of amides is 2. The fourth-order valence-corrected chi connectivity index (χ4v) is 0.945. The van der Waals surface area contributed by atoms with Gasteiger partial charge in [0.1, 0.15) is 6.04 Å². The summed E-state index contributed by atoms with van der Waals surface area (Å²) in [5.41, 5.74) is 0. The van der Waals surface area contributed by atoms with E-state index in [-0.39, 0.29) is 0 Å². The predicted molar refractivity (Wildman–Crippen MR) is 53.7 cm³/mol. The van der Waals surface area contributed by atoms with E-state index in [1.54, 1.807) is 10.9 Å². The van der Waals surface area contributed by atoms with Crippen molar-refractivity contribution in [2.45, 2.75) is 19.5 Å². The first-order chi connectivity index (χ1) is 7.59. The van der Waals surface area contributed by atoms with Crippen molar-refractivity contribution in [2.75, 3.05) is 6.54 Å². The van der Waals surface area contributed by atoms with Crippen LogP contribution in [0.2, 0.25) is 0 Å². The number of carbonyl (C=O) groups excluding carboxylic acids is 1. The molecule has 8 heteroatoms. The van der Waals surface area contributed by atoms with Crippen LogP contribution in [0.25, 0.3) is 0 Å². The number of carboxylic acid groups (broad SMARTS) is 1. The topological polar surface area (TPSA) is 109 Å². The van der Waals surface area contributed by atoms with Gasteiger partial charge in [0.25, 0.3) is 0 Å². The molecule has 0 radical (unpaired) electrons. The number of urea groups is 1. The Bertz CT molecular complexity index is 351. The van der Waals surface area contributed by atoms with Crippen LogP contribution in [-0.4, -0.2) is 44.7 Å². The summed E-state index contributed by atoms with van der Waals surface area (Å²) in [6, 6.07) is -1.43. The molecule has 0 saturated heterocycles. The zero-order valence-corrected chi connectivity index (χ0v) is 8.75. The first-order valence-electron chi connectivity index (χ1n) is 4.71. The molecule has 16 heavy (non-hydrogen) atoms. The highest BCUT2D eigenvalue weighted by Gasteiger charge is 2.12. The second-order valence-electron chi connectivity index (χ2n) is 3.13. The van der Waals surface area contributed by atoms with Gasteiger partial charge in [-0.25, -0.2) is 4.79 Å². The van der Waals surface area contributed by atoms with Crippen molar-refractivity contribution in [1.29, 1.82) is 0 Å². The van der Waals surface area contributed by atoms with Crippen LogP contribution in [0.3, 0.4) is 0 Å². The normalized spacial score (nSPS) is 11.8. The number of nitrogens with zero attached hydrogens (tertiary/aromatic N) is 3. The van der Waals surface area contributed by atoms with Crippen molar-refractivity contribution in [1.82, 2.24) is 25.6 Å². The van der Waals surface area contributed by atoms with E-state index < -0.39 is 18.0 Å². The summed E-state index contributed by atoms with van der Waals surface area (Å²) in [6.45, 7) is 2.22. The fourth-order valence-electron chi connectivity index (χ4n) is 0.945. The first-order valence-corrected chi connectivity index (χ1v) is 4.71. The Balaban J connectivity index is 2.18. The summed E-state index contributed by atoms with van der Waals surface area (Å²) in [7, 11) is 0. The van der Waals surface area contributed by atoms with Crippen LogP contribution in [-0.2, 0) is 11.3 Å². The lowest BCUT2D eigenvalue weighted by Crippen LogP contribution is -2.45. The SMILES string of the molecule is CC(NC(=O)NCCn1ccnn1)C(=O)O. The third-order valence-corrected chi connectivity index (χ3v) is 1.82. The van der Waals surface area contributed by atoms with Crippen LogP contribution in [0.1, 0.15) is 6.92 Å². The van der Waals surface area contributed by atoms with Crippen LogP contribution < -0.4 is 10.6 Å².